The van der Waals surface area contributed by atoms with E-state index in [-0.39, 0.29) is 29.4 Å². The molecule has 0 radical (unpaired) electrons. The lowest BCUT2D eigenvalue weighted by Crippen LogP contribution is -2.28. The Labute approximate surface area is 151 Å². The van der Waals surface area contributed by atoms with Gasteiger partial charge in [0, 0.05) is 0 Å². The number of hydrogen-bond donors (Lipinski definition) is 0. The summed E-state index contributed by atoms with van der Waals surface area (Å²) in [5.74, 6) is 0.607. The van der Waals surface area contributed by atoms with Gasteiger partial charge in [-0.05, 0) is 61.5 Å². The van der Waals surface area contributed by atoms with Crippen LogP contribution >= 0.6 is 0 Å². The molecule has 2 aliphatic rings. The number of benzene rings is 1. The van der Waals surface area contributed by atoms with Crippen LogP contribution in [0.1, 0.15) is 88.7 Å². The lowest BCUT2D eigenvalue weighted by molar-refractivity contribution is -0.140. The Balaban J connectivity index is 1.67. The fourth-order valence-corrected chi connectivity index (χ4v) is 4.49. The van der Waals surface area contributed by atoms with Crippen LogP contribution in [0.4, 0.5) is 4.39 Å². The summed E-state index contributed by atoms with van der Waals surface area (Å²) in [6.07, 6.45) is 11.1. The molecule has 1 saturated carbocycles. The van der Waals surface area contributed by atoms with Gasteiger partial charge < -0.3 is 4.74 Å². The Morgan fingerprint density at radius 1 is 1.12 bits per heavy atom. The van der Waals surface area contributed by atoms with E-state index in [1.807, 2.05) is 19.1 Å². The van der Waals surface area contributed by atoms with E-state index in [4.69, 9.17) is 4.74 Å². The summed E-state index contributed by atoms with van der Waals surface area (Å²) in [6.45, 7) is 4.21. The molecule has 3 rings (SSSR count). The summed E-state index contributed by atoms with van der Waals surface area (Å²) in [6, 6.07) is 3.93. The maximum atomic E-state index is 15.0. The molecule has 2 nitrogen and oxygen atoms in total. The molecule has 3 heteroatoms. The van der Waals surface area contributed by atoms with Gasteiger partial charge in [0.1, 0.15) is 0 Å². The van der Waals surface area contributed by atoms with E-state index in [0.29, 0.717) is 6.42 Å². The minimum Gasteiger partial charge on any atom is -0.423 e. The SMILES string of the molecule is CCCCCC1CCC(c2ccc3c(c2F)OC(=O)C(CC)C3)CC1. The van der Waals surface area contributed by atoms with Gasteiger partial charge in [0.05, 0.1) is 5.92 Å². The molecular weight excluding hydrogens is 315 g/mol. The van der Waals surface area contributed by atoms with Gasteiger partial charge >= 0.3 is 5.97 Å². The van der Waals surface area contributed by atoms with Crippen molar-refractivity contribution in [3.05, 3.63) is 29.1 Å². The molecule has 0 amide bonds. The van der Waals surface area contributed by atoms with Gasteiger partial charge in [-0.2, -0.15) is 0 Å². The van der Waals surface area contributed by atoms with Crippen LogP contribution in [0.3, 0.4) is 0 Å². The molecule has 1 fully saturated rings. The molecular formula is C22H31FO2. The van der Waals surface area contributed by atoms with Crippen LogP contribution in [0, 0.1) is 17.7 Å². The normalized spacial score (nSPS) is 26.2. The molecule has 1 unspecified atom stereocenters. The van der Waals surface area contributed by atoms with E-state index in [9.17, 15) is 4.79 Å². The minimum absolute atomic E-state index is 0.128. The predicted octanol–water partition coefficient (Wildman–Crippen LogP) is 6.17. The molecule has 1 heterocycles. The van der Waals surface area contributed by atoms with Gasteiger partial charge in [0.2, 0.25) is 0 Å². The molecule has 1 aliphatic heterocycles. The summed E-state index contributed by atoms with van der Waals surface area (Å²) in [5, 5.41) is 0. The second-order valence-corrected chi connectivity index (χ2v) is 7.90. The molecule has 1 atom stereocenters. The summed E-state index contributed by atoms with van der Waals surface area (Å²) < 4.78 is 20.4. The number of hydrogen-bond acceptors (Lipinski definition) is 2. The van der Waals surface area contributed by atoms with E-state index in [2.05, 4.69) is 6.92 Å². The average Bonchev–Trinajstić information content (AvgIpc) is 2.63. The zero-order valence-corrected chi connectivity index (χ0v) is 15.7. The first kappa shape index (κ1) is 18.4. The van der Waals surface area contributed by atoms with Gasteiger partial charge in [-0.3, -0.25) is 4.79 Å². The number of carbonyl (C=O) groups is 1. The fraction of sp³-hybridized carbons (Fsp3) is 0.682. The average molecular weight is 346 g/mol. The van der Waals surface area contributed by atoms with Crippen molar-refractivity contribution in [1.82, 2.24) is 0 Å². The fourth-order valence-electron chi connectivity index (χ4n) is 4.49. The van der Waals surface area contributed by atoms with Gasteiger partial charge in [-0.1, -0.05) is 51.7 Å². The first-order chi connectivity index (χ1) is 12.1. The highest BCUT2D eigenvalue weighted by atomic mass is 19.1. The van der Waals surface area contributed by atoms with Crippen molar-refractivity contribution in [3.63, 3.8) is 0 Å². The van der Waals surface area contributed by atoms with Gasteiger partial charge in [0.15, 0.2) is 11.6 Å². The molecule has 138 valence electrons. The van der Waals surface area contributed by atoms with Crippen molar-refractivity contribution in [2.75, 3.05) is 0 Å². The first-order valence-corrected chi connectivity index (χ1v) is 10.2. The quantitative estimate of drug-likeness (QED) is 0.350. The van der Waals surface area contributed by atoms with E-state index in [1.54, 1.807) is 0 Å². The smallest absolute Gasteiger partial charge is 0.314 e. The highest BCUT2D eigenvalue weighted by Gasteiger charge is 2.32. The van der Waals surface area contributed by atoms with E-state index in [0.717, 1.165) is 36.3 Å². The second kappa shape index (κ2) is 8.33. The highest BCUT2D eigenvalue weighted by Crippen LogP contribution is 2.42. The van der Waals surface area contributed by atoms with Gasteiger partial charge in [-0.15, -0.1) is 0 Å². The van der Waals surface area contributed by atoms with Crippen LogP contribution < -0.4 is 4.74 Å². The third-order valence-electron chi connectivity index (χ3n) is 6.21. The Morgan fingerprint density at radius 2 is 1.88 bits per heavy atom. The van der Waals surface area contributed by atoms with Crippen LogP contribution in [0.5, 0.6) is 5.75 Å². The van der Waals surface area contributed by atoms with E-state index < -0.39 is 0 Å². The Bertz CT molecular complexity index is 602. The largest absolute Gasteiger partial charge is 0.423 e. The Hall–Kier alpha value is -1.38. The molecule has 0 saturated heterocycles. The Morgan fingerprint density at radius 3 is 2.56 bits per heavy atom. The number of carbonyl (C=O) groups excluding carboxylic acids is 1. The maximum absolute atomic E-state index is 15.0. The molecule has 0 bridgehead atoms. The maximum Gasteiger partial charge on any atom is 0.314 e. The molecule has 25 heavy (non-hydrogen) atoms. The van der Waals surface area contributed by atoms with Crippen molar-refractivity contribution >= 4 is 5.97 Å². The van der Waals surface area contributed by atoms with Crippen LogP contribution in [0.2, 0.25) is 0 Å². The topological polar surface area (TPSA) is 26.3 Å². The highest BCUT2D eigenvalue weighted by molar-refractivity contribution is 5.78. The second-order valence-electron chi connectivity index (χ2n) is 7.90. The molecule has 0 spiro atoms. The predicted molar refractivity (Wildman–Crippen MR) is 98.4 cm³/mol. The summed E-state index contributed by atoms with van der Waals surface area (Å²) in [4.78, 5) is 12.0. The number of fused-ring (bicyclic) bond motifs is 1. The number of unbranched alkanes of at least 4 members (excludes halogenated alkanes) is 2. The van der Waals surface area contributed by atoms with Crippen LogP contribution in [0.15, 0.2) is 12.1 Å². The number of ether oxygens (including phenoxy) is 1. The third kappa shape index (κ3) is 4.07. The summed E-state index contributed by atoms with van der Waals surface area (Å²) in [5.41, 5.74) is 1.61. The molecule has 1 aromatic carbocycles. The number of esters is 1. The monoisotopic (exact) mass is 346 g/mol. The standard InChI is InChI=1S/C22H31FO2/c1-3-5-6-7-15-8-10-17(11-9-15)19-13-12-18-14-16(4-2)22(24)25-21(18)20(19)23/h12-13,15-17H,3-11,14H2,1-2H3. The van der Waals surface area contributed by atoms with Crippen LogP contribution in [-0.2, 0) is 11.2 Å². The lowest BCUT2D eigenvalue weighted by atomic mass is 9.76. The summed E-state index contributed by atoms with van der Waals surface area (Å²) >= 11 is 0. The zero-order valence-electron chi connectivity index (χ0n) is 15.7. The number of halogens is 1. The molecule has 1 aliphatic carbocycles. The zero-order chi connectivity index (χ0) is 17.8. The van der Waals surface area contributed by atoms with Crippen LogP contribution in [-0.4, -0.2) is 5.97 Å². The van der Waals surface area contributed by atoms with E-state index >= 15 is 4.39 Å². The summed E-state index contributed by atoms with van der Waals surface area (Å²) in [7, 11) is 0. The van der Waals surface area contributed by atoms with E-state index in [1.165, 1.54) is 38.5 Å². The number of rotatable bonds is 6. The minimum atomic E-state index is -0.283. The lowest BCUT2D eigenvalue weighted by Gasteiger charge is -2.30. The van der Waals surface area contributed by atoms with Gasteiger partial charge in [0.25, 0.3) is 0 Å². The van der Waals surface area contributed by atoms with Crippen molar-refractivity contribution in [2.45, 2.75) is 84.0 Å². The third-order valence-corrected chi connectivity index (χ3v) is 6.21. The Kier molecular flexibility index (Phi) is 6.14. The molecule has 0 N–H and O–H groups in total. The van der Waals surface area contributed by atoms with Gasteiger partial charge in [-0.25, -0.2) is 4.39 Å². The van der Waals surface area contributed by atoms with Crippen molar-refractivity contribution in [2.24, 2.45) is 11.8 Å². The van der Waals surface area contributed by atoms with Crippen molar-refractivity contribution < 1.29 is 13.9 Å². The van der Waals surface area contributed by atoms with Crippen LogP contribution in [0.25, 0.3) is 0 Å². The molecule has 1 aromatic rings. The van der Waals surface area contributed by atoms with Crippen molar-refractivity contribution in [3.8, 4) is 5.75 Å². The molecule has 0 aromatic heterocycles. The van der Waals surface area contributed by atoms with Crippen molar-refractivity contribution in [1.29, 1.82) is 0 Å². The first-order valence-electron chi connectivity index (χ1n) is 10.2.